The van der Waals surface area contributed by atoms with Crippen LogP contribution in [-0.2, 0) is 6.42 Å². The van der Waals surface area contributed by atoms with E-state index in [2.05, 4.69) is 6.92 Å². The molecule has 0 atom stereocenters. The van der Waals surface area contributed by atoms with Crippen molar-refractivity contribution in [3.8, 4) is 11.5 Å². The topological polar surface area (TPSA) is 61.5 Å². The van der Waals surface area contributed by atoms with E-state index in [1.807, 2.05) is 24.3 Å². The average Bonchev–Trinajstić information content (AvgIpc) is 2.62. The maximum absolute atomic E-state index is 10.3. The van der Waals surface area contributed by atoms with E-state index in [9.17, 15) is 4.79 Å². The Morgan fingerprint density at radius 2 is 1.61 bits per heavy atom. The van der Waals surface area contributed by atoms with Gasteiger partial charge >= 0.3 is 0 Å². The molecule has 0 bridgehead atoms. The molecule has 0 aliphatic carbocycles. The van der Waals surface area contributed by atoms with Gasteiger partial charge in [-0.25, -0.2) is 0 Å². The summed E-state index contributed by atoms with van der Waals surface area (Å²) in [5.74, 6) is 1.72. The van der Waals surface area contributed by atoms with Gasteiger partial charge in [0.15, 0.2) is 0 Å². The number of hydrogen-bond donors (Lipinski definition) is 1. The number of aldehydes is 1. The first-order valence-electron chi connectivity index (χ1n) is 7.74. The quantitative estimate of drug-likeness (QED) is 0.795. The molecule has 2 N–H and O–H groups in total. The van der Waals surface area contributed by atoms with E-state index in [0.717, 1.165) is 37.2 Å². The predicted octanol–water partition coefficient (Wildman–Crippen LogP) is 3.48. The Kier molecular flexibility index (Phi) is 9.17. The van der Waals surface area contributed by atoms with Gasteiger partial charge in [-0.3, -0.25) is 4.79 Å². The SMILES string of the molecule is CCCOc1ccc(C=O)cc1.COc1ccc(CCN)cc1. The summed E-state index contributed by atoms with van der Waals surface area (Å²) in [6.07, 6.45) is 2.75. The summed E-state index contributed by atoms with van der Waals surface area (Å²) in [6.45, 7) is 3.48. The lowest BCUT2D eigenvalue weighted by Crippen LogP contribution is -2.02. The largest absolute Gasteiger partial charge is 0.497 e. The van der Waals surface area contributed by atoms with Gasteiger partial charge in [0, 0.05) is 5.56 Å². The van der Waals surface area contributed by atoms with Crippen LogP contribution < -0.4 is 15.2 Å². The van der Waals surface area contributed by atoms with Gasteiger partial charge in [0.1, 0.15) is 17.8 Å². The van der Waals surface area contributed by atoms with Crippen LogP contribution in [0.1, 0.15) is 29.3 Å². The molecule has 4 nitrogen and oxygen atoms in total. The number of benzene rings is 2. The van der Waals surface area contributed by atoms with Crippen molar-refractivity contribution in [2.45, 2.75) is 19.8 Å². The van der Waals surface area contributed by atoms with Gasteiger partial charge in [0.25, 0.3) is 0 Å². The van der Waals surface area contributed by atoms with E-state index in [1.165, 1.54) is 5.56 Å². The number of nitrogens with two attached hydrogens (primary N) is 1. The summed E-state index contributed by atoms with van der Waals surface area (Å²) in [5.41, 5.74) is 7.34. The third-order valence-electron chi connectivity index (χ3n) is 3.08. The van der Waals surface area contributed by atoms with Gasteiger partial charge < -0.3 is 15.2 Å². The first-order valence-corrected chi connectivity index (χ1v) is 7.74. The molecule has 0 radical (unpaired) electrons. The van der Waals surface area contributed by atoms with E-state index < -0.39 is 0 Å². The summed E-state index contributed by atoms with van der Waals surface area (Å²) in [5, 5.41) is 0. The van der Waals surface area contributed by atoms with Crippen molar-refractivity contribution in [1.82, 2.24) is 0 Å². The lowest BCUT2D eigenvalue weighted by atomic mass is 10.1. The molecule has 2 aromatic rings. The number of methoxy groups -OCH3 is 1. The Balaban J connectivity index is 0.000000231. The molecule has 2 rings (SSSR count). The zero-order valence-corrected chi connectivity index (χ0v) is 13.8. The minimum Gasteiger partial charge on any atom is -0.497 e. The molecule has 4 heteroatoms. The van der Waals surface area contributed by atoms with E-state index in [-0.39, 0.29) is 0 Å². The standard InChI is InChI=1S/C10H12O2.C9H13NO/c1-2-7-12-10-5-3-9(8-11)4-6-10;1-11-9-4-2-8(3-5-9)6-7-10/h3-6,8H,2,7H2,1H3;2-5H,6-7,10H2,1H3. The summed E-state index contributed by atoms with van der Waals surface area (Å²) in [6, 6.07) is 15.1. The first-order chi connectivity index (χ1) is 11.2. The van der Waals surface area contributed by atoms with Crippen molar-refractivity contribution in [2.24, 2.45) is 5.73 Å². The number of carbonyl (C=O) groups excluding carboxylic acids is 1. The van der Waals surface area contributed by atoms with Crippen molar-refractivity contribution >= 4 is 6.29 Å². The van der Waals surface area contributed by atoms with Crippen LogP contribution in [0.3, 0.4) is 0 Å². The van der Waals surface area contributed by atoms with Crippen LogP contribution in [0.4, 0.5) is 0 Å². The van der Waals surface area contributed by atoms with Gasteiger partial charge in [-0.15, -0.1) is 0 Å². The minimum absolute atomic E-state index is 0.679. The second kappa shape index (κ2) is 11.3. The highest BCUT2D eigenvalue weighted by Gasteiger charge is 1.92. The van der Waals surface area contributed by atoms with Crippen LogP contribution in [0.2, 0.25) is 0 Å². The molecular formula is C19H25NO3. The molecule has 0 saturated carbocycles. The first kappa shape index (κ1) is 18.7. The lowest BCUT2D eigenvalue weighted by Gasteiger charge is -2.02. The second-order valence-corrected chi connectivity index (χ2v) is 4.92. The molecule has 0 heterocycles. The molecule has 0 aromatic heterocycles. The van der Waals surface area contributed by atoms with Gasteiger partial charge in [0.05, 0.1) is 13.7 Å². The van der Waals surface area contributed by atoms with Crippen molar-refractivity contribution in [2.75, 3.05) is 20.3 Å². The second-order valence-electron chi connectivity index (χ2n) is 4.92. The molecule has 0 amide bonds. The maximum atomic E-state index is 10.3. The summed E-state index contributed by atoms with van der Waals surface area (Å²) < 4.78 is 10.4. The molecule has 2 aromatic carbocycles. The van der Waals surface area contributed by atoms with Crippen LogP contribution in [-0.4, -0.2) is 26.5 Å². The van der Waals surface area contributed by atoms with Crippen molar-refractivity contribution in [3.05, 3.63) is 59.7 Å². The molecular weight excluding hydrogens is 290 g/mol. The highest BCUT2D eigenvalue weighted by Crippen LogP contribution is 2.11. The molecule has 0 aliphatic heterocycles. The average molecular weight is 315 g/mol. The van der Waals surface area contributed by atoms with Crippen molar-refractivity contribution in [3.63, 3.8) is 0 Å². The monoisotopic (exact) mass is 315 g/mol. The van der Waals surface area contributed by atoms with Gasteiger partial charge in [-0.1, -0.05) is 19.1 Å². The highest BCUT2D eigenvalue weighted by molar-refractivity contribution is 5.74. The van der Waals surface area contributed by atoms with Crippen LogP contribution in [0.25, 0.3) is 0 Å². The molecule has 0 fully saturated rings. The zero-order valence-electron chi connectivity index (χ0n) is 13.8. The van der Waals surface area contributed by atoms with Crippen molar-refractivity contribution < 1.29 is 14.3 Å². The fourth-order valence-corrected chi connectivity index (χ4v) is 1.82. The highest BCUT2D eigenvalue weighted by atomic mass is 16.5. The third-order valence-corrected chi connectivity index (χ3v) is 3.08. The molecule has 0 spiro atoms. The van der Waals surface area contributed by atoms with Gasteiger partial charge in [-0.2, -0.15) is 0 Å². The number of rotatable bonds is 7. The summed E-state index contributed by atoms with van der Waals surface area (Å²) in [4.78, 5) is 10.3. The normalized spacial score (nSPS) is 9.52. The molecule has 23 heavy (non-hydrogen) atoms. The fraction of sp³-hybridized carbons (Fsp3) is 0.316. The Morgan fingerprint density at radius 1 is 1.00 bits per heavy atom. The smallest absolute Gasteiger partial charge is 0.150 e. The van der Waals surface area contributed by atoms with Crippen LogP contribution >= 0.6 is 0 Å². The predicted molar refractivity (Wildman–Crippen MR) is 93.4 cm³/mol. The van der Waals surface area contributed by atoms with Crippen LogP contribution in [0.15, 0.2) is 48.5 Å². The molecule has 124 valence electrons. The zero-order chi connectivity index (χ0) is 16.9. The third kappa shape index (κ3) is 7.47. The minimum atomic E-state index is 0.679. The fourth-order valence-electron chi connectivity index (χ4n) is 1.82. The van der Waals surface area contributed by atoms with Crippen LogP contribution in [0, 0.1) is 0 Å². The maximum Gasteiger partial charge on any atom is 0.150 e. The number of ether oxygens (including phenoxy) is 2. The number of hydrogen-bond acceptors (Lipinski definition) is 4. The molecule has 0 saturated heterocycles. The van der Waals surface area contributed by atoms with Crippen molar-refractivity contribution in [1.29, 1.82) is 0 Å². The Hall–Kier alpha value is -2.33. The van der Waals surface area contributed by atoms with Gasteiger partial charge in [-0.05, 0) is 61.3 Å². The summed E-state index contributed by atoms with van der Waals surface area (Å²) in [7, 11) is 1.66. The summed E-state index contributed by atoms with van der Waals surface area (Å²) >= 11 is 0. The Bertz CT molecular complexity index is 550. The van der Waals surface area contributed by atoms with E-state index in [4.69, 9.17) is 15.2 Å². The molecule has 0 unspecified atom stereocenters. The molecule has 0 aliphatic rings. The van der Waals surface area contributed by atoms with E-state index in [0.29, 0.717) is 12.1 Å². The van der Waals surface area contributed by atoms with E-state index in [1.54, 1.807) is 31.4 Å². The van der Waals surface area contributed by atoms with E-state index >= 15 is 0 Å². The van der Waals surface area contributed by atoms with Gasteiger partial charge in [0.2, 0.25) is 0 Å². The Labute approximate surface area is 138 Å². The Morgan fingerprint density at radius 3 is 2.09 bits per heavy atom. The number of carbonyl (C=O) groups is 1. The van der Waals surface area contributed by atoms with Crippen LogP contribution in [0.5, 0.6) is 11.5 Å². The lowest BCUT2D eigenvalue weighted by molar-refractivity contribution is 0.112.